The first kappa shape index (κ1) is 22.3. The van der Waals surface area contributed by atoms with Crippen LogP contribution < -0.4 is 14.9 Å². The molecule has 0 bridgehead atoms. The van der Waals surface area contributed by atoms with E-state index in [1.54, 1.807) is 36.4 Å². The van der Waals surface area contributed by atoms with Crippen LogP contribution >= 0.6 is 31.9 Å². The summed E-state index contributed by atoms with van der Waals surface area (Å²) in [7, 11) is -3.57. The summed E-state index contributed by atoms with van der Waals surface area (Å²) in [6.07, 6.45) is 2.40. The normalized spacial score (nSPS) is 17.2. The van der Waals surface area contributed by atoms with E-state index in [0.29, 0.717) is 24.3 Å². The number of carbonyl (C=O) groups is 1. The lowest BCUT2D eigenvalue weighted by Crippen LogP contribution is -2.42. The zero-order chi connectivity index (χ0) is 22.0. The summed E-state index contributed by atoms with van der Waals surface area (Å²) in [5, 5.41) is 4.04. The summed E-state index contributed by atoms with van der Waals surface area (Å²) in [4.78, 5) is 12.7. The standard InChI is InChI=1S/C20H19Br2N3O5S/c21-15-1-3-16(4-2-15)31(27,28)25-7-5-13(6-8-25)20(26)24-23-11-14-9-18-19(10-17(14)22)30-12-29-18/h1-4,9-11,13H,5-8,12H2,(H,24,26)/b23-11-. The second-order valence-corrected chi connectivity index (χ2v) is 10.8. The molecular formula is C20H19Br2N3O5S. The quantitative estimate of drug-likeness (QED) is 0.437. The molecule has 0 atom stereocenters. The first-order chi connectivity index (χ1) is 14.8. The Balaban J connectivity index is 1.32. The van der Waals surface area contributed by atoms with Gasteiger partial charge in [0.25, 0.3) is 0 Å². The largest absolute Gasteiger partial charge is 0.454 e. The van der Waals surface area contributed by atoms with Crippen LogP contribution in [0.3, 0.4) is 0 Å². The van der Waals surface area contributed by atoms with Crippen molar-refractivity contribution >= 4 is 54.0 Å². The number of piperidine rings is 1. The molecule has 2 aromatic rings. The van der Waals surface area contributed by atoms with E-state index in [1.165, 1.54) is 10.5 Å². The van der Waals surface area contributed by atoms with Crippen LogP contribution in [0.5, 0.6) is 11.5 Å². The number of benzene rings is 2. The Morgan fingerprint density at radius 3 is 2.42 bits per heavy atom. The molecule has 8 nitrogen and oxygen atoms in total. The fourth-order valence-electron chi connectivity index (χ4n) is 3.40. The second-order valence-electron chi connectivity index (χ2n) is 7.09. The fourth-order valence-corrected chi connectivity index (χ4v) is 5.56. The summed E-state index contributed by atoms with van der Waals surface area (Å²) < 4.78 is 39.2. The molecule has 2 heterocycles. The van der Waals surface area contributed by atoms with Gasteiger partial charge in [-0.2, -0.15) is 9.41 Å². The number of rotatable bonds is 5. The third kappa shape index (κ3) is 4.94. The van der Waals surface area contributed by atoms with Crippen LogP contribution in [0.15, 0.2) is 55.3 Å². The van der Waals surface area contributed by atoms with Gasteiger partial charge < -0.3 is 9.47 Å². The van der Waals surface area contributed by atoms with E-state index in [-0.39, 0.29) is 36.6 Å². The summed E-state index contributed by atoms with van der Waals surface area (Å²) in [5.41, 5.74) is 3.29. The van der Waals surface area contributed by atoms with Gasteiger partial charge in [-0.25, -0.2) is 13.8 Å². The highest BCUT2D eigenvalue weighted by Gasteiger charge is 2.32. The molecule has 2 aliphatic rings. The van der Waals surface area contributed by atoms with Gasteiger partial charge in [-0.1, -0.05) is 15.9 Å². The fraction of sp³-hybridized carbons (Fsp3) is 0.300. The van der Waals surface area contributed by atoms with E-state index in [2.05, 4.69) is 42.4 Å². The molecular weight excluding hydrogens is 554 g/mol. The lowest BCUT2D eigenvalue weighted by Gasteiger charge is -2.30. The maximum Gasteiger partial charge on any atom is 0.243 e. The first-order valence-electron chi connectivity index (χ1n) is 9.52. The average Bonchev–Trinajstić information content (AvgIpc) is 3.21. The van der Waals surface area contributed by atoms with Crippen molar-refractivity contribution in [2.24, 2.45) is 11.0 Å². The van der Waals surface area contributed by atoms with E-state index in [1.807, 2.05) is 0 Å². The molecule has 0 unspecified atom stereocenters. The van der Waals surface area contributed by atoms with Crippen molar-refractivity contribution in [2.75, 3.05) is 19.9 Å². The Kier molecular flexibility index (Phi) is 6.65. The molecule has 0 spiro atoms. The molecule has 4 rings (SSSR count). The maximum absolute atomic E-state index is 12.8. The van der Waals surface area contributed by atoms with E-state index >= 15 is 0 Å². The van der Waals surface area contributed by atoms with Crippen LogP contribution in [0.2, 0.25) is 0 Å². The van der Waals surface area contributed by atoms with Crippen molar-refractivity contribution in [2.45, 2.75) is 17.7 Å². The van der Waals surface area contributed by atoms with Crippen molar-refractivity contribution in [3.8, 4) is 11.5 Å². The van der Waals surface area contributed by atoms with Crippen LogP contribution in [-0.2, 0) is 14.8 Å². The van der Waals surface area contributed by atoms with Crippen LogP contribution in [0.25, 0.3) is 0 Å². The number of hydrazone groups is 1. The van der Waals surface area contributed by atoms with Crippen LogP contribution in [0, 0.1) is 5.92 Å². The highest BCUT2D eigenvalue weighted by molar-refractivity contribution is 9.10. The Hall–Kier alpha value is -1.95. The lowest BCUT2D eigenvalue weighted by molar-refractivity contribution is -0.126. The Morgan fingerprint density at radius 1 is 1.10 bits per heavy atom. The van der Waals surface area contributed by atoms with E-state index in [4.69, 9.17) is 9.47 Å². The number of sulfonamides is 1. The molecule has 31 heavy (non-hydrogen) atoms. The van der Waals surface area contributed by atoms with Crippen LogP contribution in [-0.4, -0.2) is 44.7 Å². The van der Waals surface area contributed by atoms with Gasteiger partial charge in [0.05, 0.1) is 11.1 Å². The average molecular weight is 573 g/mol. The summed E-state index contributed by atoms with van der Waals surface area (Å²) >= 11 is 6.74. The Labute approximate surface area is 196 Å². The number of amides is 1. The van der Waals surface area contributed by atoms with Gasteiger partial charge in [0.2, 0.25) is 22.7 Å². The molecule has 164 valence electrons. The molecule has 2 aromatic carbocycles. The third-order valence-electron chi connectivity index (χ3n) is 5.15. The minimum atomic E-state index is -3.57. The molecule has 1 saturated heterocycles. The molecule has 0 aliphatic carbocycles. The third-order valence-corrected chi connectivity index (χ3v) is 8.27. The predicted octanol–water partition coefficient (Wildman–Crippen LogP) is 3.49. The number of nitrogens with zero attached hydrogens (tertiary/aromatic N) is 2. The van der Waals surface area contributed by atoms with Gasteiger partial charge in [-0.3, -0.25) is 4.79 Å². The van der Waals surface area contributed by atoms with E-state index < -0.39 is 10.0 Å². The monoisotopic (exact) mass is 571 g/mol. The summed E-state index contributed by atoms with van der Waals surface area (Å²) in [5.74, 6) is 0.746. The summed E-state index contributed by atoms with van der Waals surface area (Å²) in [6.45, 7) is 0.747. The van der Waals surface area contributed by atoms with Gasteiger partial charge in [0, 0.05) is 33.5 Å². The zero-order valence-electron chi connectivity index (χ0n) is 16.3. The van der Waals surface area contributed by atoms with E-state index in [9.17, 15) is 13.2 Å². The van der Waals surface area contributed by atoms with Crippen molar-refractivity contribution in [3.63, 3.8) is 0 Å². The van der Waals surface area contributed by atoms with Crippen molar-refractivity contribution in [3.05, 3.63) is 50.9 Å². The lowest BCUT2D eigenvalue weighted by atomic mass is 9.98. The SMILES string of the molecule is O=C(N/N=C\c1cc2c(cc1Br)OCO2)C1CCN(S(=O)(=O)c2ccc(Br)cc2)CC1. The smallest absolute Gasteiger partial charge is 0.243 e. The van der Waals surface area contributed by atoms with Crippen molar-refractivity contribution in [1.29, 1.82) is 0 Å². The van der Waals surface area contributed by atoms with Crippen LogP contribution in [0.4, 0.5) is 0 Å². The number of hydrogen-bond donors (Lipinski definition) is 1. The highest BCUT2D eigenvalue weighted by Crippen LogP contribution is 2.36. The van der Waals surface area contributed by atoms with Gasteiger partial charge in [-0.05, 0) is 65.2 Å². The van der Waals surface area contributed by atoms with E-state index in [0.717, 1.165) is 14.5 Å². The highest BCUT2D eigenvalue weighted by atomic mass is 79.9. The minimum absolute atomic E-state index is 0.176. The Morgan fingerprint density at radius 2 is 1.74 bits per heavy atom. The number of hydrogen-bond acceptors (Lipinski definition) is 6. The van der Waals surface area contributed by atoms with Crippen LogP contribution in [0.1, 0.15) is 18.4 Å². The van der Waals surface area contributed by atoms with Crippen molar-refractivity contribution in [1.82, 2.24) is 9.73 Å². The van der Waals surface area contributed by atoms with Gasteiger partial charge in [0.1, 0.15) is 0 Å². The number of nitrogens with one attached hydrogen (secondary N) is 1. The molecule has 0 aromatic heterocycles. The van der Waals surface area contributed by atoms with Gasteiger partial charge in [-0.15, -0.1) is 0 Å². The molecule has 0 saturated carbocycles. The molecule has 11 heteroatoms. The number of fused-ring (bicyclic) bond motifs is 1. The number of ether oxygens (including phenoxy) is 2. The molecule has 2 aliphatic heterocycles. The van der Waals surface area contributed by atoms with Gasteiger partial charge >= 0.3 is 0 Å². The molecule has 1 amide bonds. The zero-order valence-corrected chi connectivity index (χ0v) is 20.2. The molecule has 1 N–H and O–H groups in total. The Bertz CT molecular complexity index is 1110. The number of halogens is 2. The van der Waals surface area contributed by atoms with Gasteiger partial charge in [0.15, 0.2) is 11.5 Å². The molecule has 0 radical (unpaired) electrons. The maximum atomic E-state index is 12.8. The number of carbonyl (C=O) groups excluding carboxylic acids is 1. The predicted molar refractivity (Wildman–Crippen MR) is 122 cm³/mol. The minimum Gasteiger partial charge on any atom is -0.454 e. The van der Waals surface area contributed by atoms with Crippen molar-refractivity contribution < 1.29 is 22.7 Å². The summed E-state index contributed by atoms with van der Waals surface area (Å²) in [6, 6.07) is 10.1. The second kappa shape index (κ2) is 9.27. The molecule has 1 fully saturated rings. The first-order valence-corrected chi connectivity index (χ1v) is 12.5. The topological polar surface area (TPSA) is 97.3 Å².